The molecule has 1 fully saturated rings. The Kier molecular flexibility index (Phi) is 5.13. The molecule has 0 saturated heterocycles. The summed E-state index contributed by atoms with van der Waals surface area (Å²) in [5, 5.41) is 1.12. The lowest BCUT2D eigenvalue weighted by Crippen LogP contribution is -2.30. The number of thioether (sulfide) groups is 1. The van der Waals surface area contributed by atoms with E-state index in [1.165, 1.54) is 37.4 Å². The van der Waals surface area contributed by atoms with Crippen molar-refractivity contribution in [3.05, 3.63) is 11.2 Å². The first-order valence-electron chi connectivity index (χ1n) is 6.48. The molecule has 0 radical (unpaired) electrons. The molecule has 0 aliphatic heterocycles. The monoisotopic (exact) mass is 286 g/mol. The molecule has 0 bridgehead atoms. The molecule has 2 atom stereocenters. The molecule has 1 saturated carbocycles. The molecule has 18 heavy (non-hydrogen) atoms. The van der Waals surface area contributed by atoms with Crippen molar-refractivity contribution in [2.45, 2.75) is 50.3 Å². The van der Waals surface area contributed by atoms with Crippen molar-refractivity contribution in [3.8, 4) is 5.88 Å². The van der Waals surface area contributed by atoms with Crippen molar-refractivity contribution < 1.29 is 4.74 Å². The normalized spacial score (nSPS) is 23.9. The van der Waals surface area contributed by atoms with E-state index in [4.69, 9.17) is 16.3 Å². The zero-order chi connectivity index (χ0) is 13.0. The molecule has 5 heteroatoms. The Hall–Kier alpha value is -0.480. The Morgan fingerprint density at radius 1 is 1.39 bits per heavy atom. The van der Waals surface area contributed by atoms with Gasteiger partial charge >= 0.3 is 0 Å². The lowest BCUT2D eigenvalue weighted by atomic mass is 9.85. The van der Waals surface area contributed by atoms with Crippen LogP contribution in [0.5, 0.6) is 5.88 Å². The Bertz CT molecular complexity index is 403. The van der Waals surface area contributed by atoms with E-state index in [1.54, 1.807) is 6.07 Å². The number of halogens is 1. The summed E-state index contributed by atoms with van der Waals surface area (Å²) < 4.78 is 6.03. The lowest BCUT2D eigenvalue weighted by molar-refractivity contribution is 0.0850. The minimum absolute atomic E-state index is 0.282. The second kappa shape index (κ2) is 6.62. The average molecular weight is 287 g/mol. The number of rotatable bonds is 4. The average Bonchev–Trinajstić information content (AvgIpc) is 2.38. The molecule has 0 aromatic carbocycles. The summed E-state index contributed by atoms with van der Waals surface area (Å²) in [6.07, 6.45) is 8.33. The van der Waals surface area contributed by atoms with E-state index < -0.39 is 0 Å². The van der Waals surface area contributed by atoms with E-state index in [2.05, 4.69) is 16.9 Å². The summed E-state index contributed by atoms with van der Waals surface area (Å²) in [5.41, 5.74) is 0. The highest BCUT2D eigenvalue weighted by atomic mass is 35.5. The smallest absolute Gasteiger partial charge is 0.219 e. The lowest BCUT2D eigenvalue weighted by Gasteiger charge is -2.30. The van der Waals surface area contributed by atoms with Crippen molar-refractivity contribution in [3.63, 3.8) is 0 Å². The van der Waals surface area contributed by atoms with Gasteiger partial charge in [-0.2, -0.15) is 4.98 Å². The van der Waals surface area contributed by atoms with Crippen LogP contribution in [0, 0.1) is 5.92 Å². The zero-order valence-corrected chi connectivity index (χ0v) is 12.4. The highest BCUT2D eigenvalue weighted by molar-refractivity contribution is 7.98. The molecule has 1 aromatic rings. The van der Waals surface area contributed by atoms with Gasteiger partial charge < -0.3 is 4.74 Å². The van der Waals surface area contributed by atoms with E-state index in [-0.39, 0.29) is 6.10 Å². The van der Waals surface area contributed by atoms with Crippen molar-refractivity contribution >= 4 is 23.4 Å². The van der Waals surface area contributed by atoms with Crippen LogP contribution < -0.4 is 4.74 Å². The molecule has 3 nitrogen and oxygen atoms in total. The van der Waals surface area contributed by atoms with Crippen LogP contribution in [0.15, 0.2) is 11.2 Å². The van der Waals surface area contributed by atoms with E-state index in [9.17, 15) is 0 Å². The molecule has 100 valence electrons. The fourth-order valence-electron chi connectivity index (χ4n) is 2.48. The third-order valence-corrected chi connectivity index (χ3v) is 4.21. The van der Waals surface area contributed by atoms with Gasteiger partial charge in [-0.3, -0.25) is 0 Å². The fraction of sp³-hybridized carbons (Fsp3) is 0.692. The van der Waals surface area contributed by atoms with E-state index in [1.807, 2.05) is 6.26 Å². The van der Waals surface area contributed by atoms with Gasteiger partial charge in [-0.15, -0.1) is 0 Å². The van der Waals surface area contributed by atoms with Crippen LogP contribution in [-0.4, -0.2) is 22.3 Å². The molecule has 2 unspecified atom stereocenters. The predicted molar refractivity (Wildman–Crippen MR) is 75.5 cm³/mol. The number of hydrogen-bond donors (Lipinski definition) is 0. The summed E-state index contributed by atoms with van der Waals surface area (Å²) in [6.45, 7) is 2.23. The Morgan fingerprint density at radius 2 is 2.17 bits per heavy atom. The maximum atomic E-state index is 6.03. The van der Waals surface area contributed by atoms with Gasteiger partial charge in [0.1, 0.15) is 11.3 Å². The van der Waals surface area contributed by atoms with Crippen molar-refractivity contribution in [1.82, 2.24) is 9.97 Å². The molecule has 1 aromatic heterocycles. The van der Waals surface area contributed by atoms with Crippen LogP contribution in [0.2, 0.25) is 5.15 Å². The number of ether oxygens (including phenoxy) is 1. The Balaban J connectivity index is 2.09. The van der Waals surface area contributed by atoms with Crippen LogP contribution in [0.1, 0.15) is 39.0 Å². The molecule has 0 amide bonds. The highest BCUT2D eigenvalue weighted by Crippen LogP contribution is 2.30. The Morgan fingerprint density at radius 3 is 2.89 bits per heavy atom. The van der Waals surface area contributed by atoms with Gasteiger partial charge in [0, 0.05) is 6.07 Å². The highest BCUT2D eigenvalue weighted by Gasteiger charge is 2.25. The van der Waals surface area contributed by atoms with E-state index in [0.717, 1.165) is 6.42 Å². The van der Waals surface area contributed by atoms with Crippen LogP contribution in [0.4, 0.5) is 0 Å². The standard InChI is InChI=1S/C13H19ClN2OS/c1-3-9-6-4-5-7-10(9)17-12-8-11(14)15-13(16-12)18-2/h8-10H,3-7H2,1-2H3. The van der Waals surface area contributed by atoms with E-state index in [0.29, 0.717) is 22.1 Å². The quantitative estimate of drug-likeness (QED) is 0.472. The van der Waals surface area contributed by atoms with Gasteiger partial charge in [-0.05, 0) is 37.9 Å². The predicted octanol–water partition coefficient (Wildman–Crippen LogP) is 4.20. The summed E-state index contributed by atoms with van der Waals surface area (Å²) in [7, 11) is 0. The summed E-state index contributed by atoms with van der Waals surface area (Å²) >= 11 is 7.45. The largest absolute Gasteiger partial charge is 0.474 e. The van der Waals surface area contributed by atoms with Crippen LogP contribution in [0.3, 0.4) is 0 Å². The van der Waals surface area contributed by atoms with Gasteiger partial charge in [-0.25, -0.2) is 4.98 Å². The second-order valence-corrected chi connectivity index (χ2v) is 5.79. The van der Waals surface area contributed by atoms with Crippen molar-refractivity contribution in [2.75, 3.05) is 6.26 Å². The SMILES string of the molecule is CCC1CCCCC1Oc1cc(Cl)nc(SC)n1. The maximum absolute atomic E-state index is 6.03. The minimum atomic E-state index is 0.282. The number of nitrogens with zero attached hydrogens (tertiary/aromatic N) is 2. The molecule has 0 N–H and O–H groups in total. The van der Waals surface area contributed by atoms with E-state index >= 15 is 0 Å². The first kappa shape index (κ1) is 13.9. The summed E-state index contributed by atoms with van der Waals surface area (Å²) in [6, 6.07) is 1.71. The first-order valence-corrected chi connectivity index (χ1v) is 8.08. The zero-order valence-electron chi connectivity index (χ0n) is 10.9. The first-order chi connectivity index (χ1) is 8.72. The Labute approximate surface area is 118 Å². The molecule has 2 rings (SSSR count). The maximum Gasteiger partial charge on any atom is 0.219 e. The topological polar surface area (TPSA) is 35.0 Å². The van der Waals surface area contributed by atoms with Crippen molar-refractivity contribution in [2.24, 2.45) is 5.92 Å². The van der Waals surface area contributed by atoms with Crippen LogP contribution in [0.25, 0.3) is 0 Å². The van der Waals surface area contributed by atoms with Gasteiger partial charge in [0.25, 0.3) is 0 Å². The molecular weight excluding hydrogens is 268 g/mol. The number of aromatic nitrogens is 2. The molecular formula is C13H19ClN2OS. The van der Waals surface area contributed by atoms with Gasteiger partial charge in [0.05, 0.1) is 0 Å². The second-order valence-electron chi connectivity index (χ2n) is 4.62. The third-order valence-electron chi connectivity index (χ3n) is 3.47. The summed E-state index contributed by atoms with van der Waals surface area (Å²) in [4.78, 5) is 8.48. The minimum Gasteiger partial charge on any atom is -0.474 e. The third kappa shape index (κ3) is 3.51. The fourth-order valence-corrected chi connectivity index (χ4v) is 3.07. The molecule has 0 spiro atoms. The van der Waals surface area contributed by atoms with Crippen molar-refractivity contribution in [1.29, 1.82) is 0 Å². The molecule has 1 aliphatic rings. The molecule has 1 aliphatic carbocycles. The van der Waals surface area contributed by atoms with Gasteiger partial charge in [0.15, 0.2) is 5.16 Å². The van der Waals surface area contributed by atoms with Gasteiger partial charge in [0.2, 0.25) is 5.88 Å². The van der Waals surface area contributed by atoms with Gasteiger partial charge in [-0.1, -0.05) is 36.7 Å². The molecule has 1 heterocycles. The summed E-state index contributed by atoms with van der Waals surface area (Å²) in [5.74, 6) is 1.26. The van der Waals surface area contributed by atoms with Crippen LogP contribution in [-0.2, 0) is 0 Å². The number of hydrogen-bond acceptors (Lipinski definition) is 4. The van der Waals surface area contributed by atoms with Crippen LogP contribution >= 0.6 is 23.4 Å².